The molecular weight excluding hydrogens is 635 g/mol. The van der Waals surface area contributed by atoms with Gasteiger partial charge in [0.2, 0.25) is 0 Å². The van der Waals surface area contributed by atoms with E-state index >= 15 is 0 Å². The highest BCUT2D eigenvalue weighted by atomic mass is 16.3. The second-order valence-electron chi connectivity index (χ2n) is 12.8. The van der Waals surface area contributed by atoms with Gasteiger partial charge in [-0.15, -0.1) is 0 Å². The molecule has 2 aliphatic rings. The minimum Gasteiger partial charge on any atom is -0.455 e. The molecule has 2 heterocycles. The Morgan fingerprint density at radius 3 is 1.85 bits per heavy atom. The van der Waals surface area contributed by atoms with E-state index in [0.29, 0.717) is 23.9 Å². The normalized spacial score (nSPS) is 13.1. The maximum Gasteiger partial charge on any atom is 0.164 e. The Morgan fingerprint density at radius 1 is 0.538 bits per heavy atom. The average molecular weight is 668 g/mol. The van der Waals surface area contributed by atoms with Crippen molar-refractivity contribution in [2.24, 2.45) is 0 Å². The Morgan fingerprint density at radius 2 is 1.13 bits per heavy atom. The Bertz CT molecular complexity index is 2530. The van der Waals surface area contributed by atoms with Gasteiger partial charge in [-0.1, -0.05) is 170 Å². The molecule has 0 spiro atoms. The fourth-order valence-corrected chi connectivity index (χ4v) is 7.13. The molecule has 0 saturated heterocycles. The van der Waals surface area contributed by atoms with Crippen LogP contribution in [0.3, 0.4) is 0 Å². The summed E-state index contributed by atoms with van der Waals surface area (Å²) in [4.78, 5) is 15.3. The van der Waals surface area contributed by atoms with Crippen molar-refractivity contribution >= 4 is 11.6 Å². The van der Waals surface area contributed by atoms with E-state index in [0.717, 1.165) is 80.0 Å². The summed E-state index contributed by atoms with van der Waals surface area (Å²) in [7, 11) is 0. The Hall–Kier alpha value is -6.83. The number of hydrogen-bond donors (Lipinski definition) is 0. The lowest BCUT2D eigenvalue weighted by Gasteiger charge is -2.17. The van der Waals surface area contributed by atoms with Crippen LogP contribution < -0.4 is 0 Å². The molecule has 2 aliphatic carbocycles. The smallest absolute Gasteiger partial charge is 0.164 e. The fourth-order valence-electron chi connectivity index (χ4n) is 7.13. The molecule has 9 rings (SSSR count). The summed E-state index contributed by atoms with van der Waals surface area (Å²) in [6.45, 7) is 0. The van der Waals surface area contributed by atoms with Crippen molar-refractivity contribution < 1.29 is 4.42 Å². The van der Waals surface area contributed by atoms with E-state index in [4.69, 9.17) is 19.4 Å². The second kappa shape index (κ2) is 13.8. The van der Waals surface area contributed by atoms with Crippen LogP contribution in [0.2, 0.25) is 0 Å². The highest BCUT2D eigenvalue weighted by Gasteiger charge is 2.29. The number of nitrogens with zero attached hydrogens (tertiary/aromatic N) is 3. The van der Waals surface area contributed by atoms with Crippen LogP contribution in [0.25, 0.3) is 79.6 Å². The summed E-state index contributed by atoms with van der Waals surface area (Å²) in [6, 6.07) is 45.6. The molecule has 0 saturated carbocycles. The van der Waals surface area contributed by atoms with Gasteiger partial charge in [-0.05, 0) is 41.2 Å². The summed E-state index contributed by atoms with van der Waals surface area (Å²) in [5.41, 5.74) is 11.5. The molecule has 5 aromatic carbocycles. The van der Waals surface area contributed by atoms with Gasteiger partial charge in [0.25, 0.3) is 0 Å². The monoisotopic (exact) mass is 667 g/mol. The first kappa shape index (κ1) is 31.2. The zero-order valence-electron chi connectivity index (χ0n) is 28.5. The molecule has 0 atom stereocenters. The van der Waals surface area contributed by atoms with Crippen molar-refractivity contribution in [1.82, 2.24) is 15.0 Å². The first-order valence-corrected chi connectivity index (χ1v) is 17.6. The highest BCUT2D eigenvalue weighted by Crippen LogP contribution is 2.48. The Labute approximate surface area is 303 Å². The van der Waals surface area contributed by atoms with Crippen molar-refractivity contribution in [2.45, 2.75) is 19.3 Å². The molecule has 0 fully saturated rings. The van der Waals surface area contributed by atoms with Crippen molar-refractivity contribution in [2.75, 3.05) is 0 Å². The number of hydrogen-bond acceptors (Lipinski definition) is 4. The van der Waals surface area contributed by atoms with E-state index in [1.54, 1.807) is 0 Å². The van der Waals surface area contributed by atoms with Gasteiger partial charge in [0.1, 0.15) is 11.5 Å². The standard InChI is InChI=1S/C48H33N3O/c1-2-7-22-34(21-6-1)38-31-18-32-42(48-50-46(35-23-10-4-11-24-35)49-47(51-48)36-25-12-5-13-26-36)43(38)45-41-30-17-16-29-40(41)44(52-45)39-28-15-14-27-37(39)33-19-8-3-9-20-33/h1,3-6,8-16,18-21,23-29,31-32H,17,22,30H2. The predicted octanol–water partition coefficient (Wildman–Crippen LogP) is 11.8. The van der Waals surface area contributed by atoms with Gasteiger partial charge < -0.3 is 4.42 Å². The Balaban J connectivity index is 1.33. The summed E-state index contributed by atoms with van der Waals surface area (Å²) in [6.07, 6.45) is 12.9. The molecule has 4 nitrogen and oxygen atoms in total. The molecule has 4 heteroatoms. The minimum atomic E-state index is 0.586. The highest BCUT2D eigenvalue weighted by molar-refractivity contribution is 5.95. The number of furan rings is 1. The van der Waals surface area contributed by atoms with Crippen molar-refractivity contribution in [3.05, 3.63) is 174 Å². The van der Waals surface area contributed by atoms with Gasteiger partial charge in [0.15, 0.2) is 17.5 Å². The molecule has 246 valence electrons. The predicted molar refractivity (Wildman–Crippen MR) is 212 cm³/mol. The van der Waals surface area contributed by atoms with Crippen LogP contribution in [0.5, 0.6) is 0 Å². The van der Waals surface area contributed by atoms with E-state index in [1.807, 2.05) is 72.8 Å². The first-order chi connectivity index (χ1) is 25.8. The molecule has 7 aromatic rings. The van der Waals surface area contributed by atoms with Gasteiger partial charge in [-0.25, -0.2) is 15.0 Å². The molecule has 0 unspecified atom stereocenters. The largest absolute Gasteiger partial charge is 0.455 e. The number of rotatable bonds is 7. The van der Waals surface area contributed by atoms with Crippen LogP contribution >= 0.6 is 0 Å². The average Bonchev–Trinajstić information content (AvgIpc) is 3.39. The lowest BCUT2D eigenvalue weighted by Crippen LogP contribution is -2.03. The molecule has 0 radical (unpaired) electrons. The van der Waals surface area contributed by atoms with Crippen LogP contribution in [-0.2, 0) is 6.42 Å². The van der Waals surface area contributed by atoms with Gasteiger partial charge >= 0.3 is 0 Å². The summed E-state index contributed by atoms with van der Waals surface area (Å²) in [5, 5.41) is 0. The second-order valence-corrected chi connectivity index (χ2v) is 12.8. The van der Waals surface area contributed by atoms with Crippen molar-refractivity contribution in [1.29, 1.82) is 0 Å². The van der Waals surface area contributed by atoms with Gasteiger partial charge in [-0.2, -0.15) is 0 Å². The third kappa shape index (κ3) is 5.89. The molecule has 0 aliphatic heterocycles. The van der Waals surface area contributed by atoms with Crippen LogP contribution in [0.1, 0.15) is 29.5 Å². The van der Waals surface area contributed by atoms with E-state index in [1.165, 1.54) is 5.56 Å². The Kier molecular flexibility index (Phi) is 8.29. The van der Waals surface area contributed by atoms with Gasteiger partial charge in [0.05, 0.1) is 0 Å². The maximum atomic E-state index is 7.25. The number of fused-ring (bicyclic) bond motifs is 1. The quantitative estimate of drug-likeness (QED) is 0.159. The SMILES string of the molecule is C1#CCC(c2cccc(-c3nc(-c4ccccc4)nc(-c4ccccc4)n3)c2-c2oc(-c3ccccc3-c3ccccc3)c3c2CCC=C3)=CC=C1. The third-order valence-electron chi connectivity index (χ3n) is 9.59. The topological polar surface area (TPSA) is 51.8 Å². The van der Waals surface area contributed by atoms with Crippen LogP contribution in [0.15, 0.2) is 162 Å². The summed E-state index contributed by atoms with van der Waals surface area (Å²) < 4.78 is 7.25. The zero-order valence-corrected chi connectivity index (χ0v) is 28.5. The maximum absolute atomic E-state index is 7.25. The summed E-state index contributed by atoms with van der Waals surface area (Å²) >= 11 is 0. The molecule has 2 aromatic heterocycles. The molecule has 0 amide bonds. The van der Waals surface area contributed by atoms with Crippen molar-refractivity contribution in [3.8, 4) is 79.8 Å². The fraction of sp³-hybridized carbons (Fsp3) is 0.0625. The van der Waals surface area contributed by atoms with Gasteiger partial charge in [0, 0.05) is 45.4 Å². The lowest BCUT2D eigenvalue weighted by atomic mass is 9.87. The number of benzene rings is 5. The van der Waals surface area contributed by atoms with Crippen LogP contribution in [0, 0.1) is 11.8 Å². The molecular formula is C48H33N3O. The molecule has 52 heavy (non-hydrogen) atoms. The zero-order chi connectivity index (χ0) is 34.7. The van der Waals surface area contributed by atoms with E-state index in [2.05, 4.69) is 103 Å². The van der Waals surface area contributed by atoms with Crippen molar-refractivity contribution in [3.63, 3.8) is 0 Å². The van der Waals surface area contributed by atoms with Gasteiger partial charge in [-0.3, -0.25) is 0 Å². The number of allylic oxidation sites excluding steroid dienone is 5. The minimum absolute atomic E-state index is 0.586. The number of aromatic nitrogens is 3. The van der Waals surface area contributed by atoms with Crippen LogP contribution in [-0.4, -0.2) is 15.0 Å². The van der Waals surface area contributed by atoms with Crippen LogP contribution in [0.4, 0.5) is 0 Å². The first-order valence-electron chi connectivity index (χ1n) is 17.6. The molecule has 0 bridgehead atoms. The van der Waals surface area contributed by atoms with E-state index in [9.17, 15) is 0 Å². The lowest BCUT2D eigenvalue weighted by molar-refractivity contribution is 0.594. The molecule has 0 N–H and O–H groups in total. The van der Waals surface area contributed by atoms with E-state index in [-0.39, 0.29) is 0 Å². The third-order valence-corrected chi connectivity index (χ3v) is 9.59. The summed E-state index contributed by atoms with van der Waals surface area (Å²) in [5.74, 6) is 10.00. The van der Waals surface area contributed by atoms with E-state index < -0.39 is 0 Å².